The van der Waals surface area contributed by atoms with Gasteiger partial charge in [-0.1, -0.05) is 169 Å². The van der Waals surface area contributed by atoms with Crippen molar-refractivity contribution in [1.82, 2.24) is 15.0 Å². The van der Waals surface area contributed by atoms with Crippen LogP contribution in [0.15, 0.2) is 140 Å². The molecule has 3 heteroatoms. The van der Waals surface area contributed by atoms with Gasteiger partial charge in [0.2, 0.25) is 0 Å². The van der Waals surface area contributed by atoms with Crippen molar-refractivity contribution in [2.45, 2.75) is 57.8 Å². The van der Waals surface area contributed by atoms with E-state index in [1.54, 1.807) is 0 Å². The van der Waals surface area contributed by atoms with E-state index in [0.717, 1.165) is 16.7 Å². The maximum atomic E-state index is 4.93. The van der Waals surface area contributed by atoms with E-state index in [0.29, 0.717) is 17.5 Å². The van der Waals surface area contributed by atoms with Crippen LogP contribution in [-0.2, 0) is 16.2 Å². The second-order valence-corrected chi connectivity index (χ2v) is 15.7. The minimum absolute atomic E-state index is 0.00723. The molecular weight excluding hydrogens is 619 g/mol. The summed E-state index contributed by atoms with van der Waals surface area (Å²) in [5.74, 6) is 2.00. The largest absolute Gasteiger partial charge is 0.208 e. The number of benzene rings is 6. The monoisotopic (exact) mass is 659 g/mol. The standard InChI is InChI=1S/C48H41N3/c1-46(2)40-27-34(25-26-36(40)37-28-38-35-19-13-14-20-39(35)47(3,4)48(5,6)42(38)29-41(37)46)30-21-23-33(24-22-30)45-50-43(31-15-9-7-10-16-31)49-44(51-45)32-17-11-8-12-18-32/h7-29H,1-6H3. The van der Waals surface area contributed by atoms with Gasteiger partial charge in [-0.2, -0.15) is 0 Å². The van der Waals surface area contributed by atoms with Gasteiger partial charge in [-0.05, 0) is 78.6 Å². The fourth-order valence-corrected chi connectivity index (χ4v) is 8.39. The number of hydrogen-bond acceptors (Lipinski definition) is 3. The Hall–Kier alpha value is -5.67. The van der Waals surface area contributed by atoms with Gasteiger partial charge in [0.05, 0.1) is 0 Å². The van der Waals surface area contributed by atoms with Crippen LogP contribution in [-0.4, -0.2) is 15.0 Å². The third-order valence-corrected chi connectivity index (χ3v) is 12.1. The fraction of sp³-hybridized carbons (Fsp3) is 0.188. The van der Waals surface area contributed by atoms with Crippen molar-refractivity contribution in [3.05, 3.63) is 162 Å². The minimum Gasteiger partial charge on any atom is -0.208 e. The topological polar surface area (TPSA) is 38.7 Å². The lowest BCUT2D eigenvalue weighted by atomic mass is 9.55. The molecule has 1 aromatic heterocycles. The van der Waals surface area contributed by atoms with Crippen molar-refractivity contribution in [2.24, 2.45) is 0 Å². The zero-order chi connectivity index (χ0) is 35.1. The molecule has 0 aliphatic heterocycles. The van der Waals surface area contributed by atoms with Crippen LogP contribution in [0.25, 0.3) is 67.5 Å². The quantitative estimate of drug-likeness (QED) is 0.189. The van der Waals surface area contributed by atoms with Crippen molar-refractivity contribution in [3.8, 4) is 67.5 Å². The Morgan fingerprint density at radius 2 is 0.745 bits per heavy atom. The van der Waals surface area contributed by atoms with Crippen LogP contribution in [0.3, 0.4) is 0 Å². The molecule has 2 aliphatic carbocycles. The molecule has 0 unspecified atom stereocenters. The zero-order valence-corrected chi connectivity index (χ0v) is 30.1. The van der Waals surface area contributed by atoms with Gasteiger partial charge in [-0.3, -0.25) is 0 Å². The van der Waals surface area contributed by atoms with Gasteiger partial charge >= 0.3 is 0 Å². The molecule has 0 spiro atoms. The predicted molar refractivity (Wildman–Crippen MR) is 211 cm³/mol. The highest BCUT2D eigenvalue weighted by Gasteiger charge is 2.47. The summed E-state index contributed by atoms with van der Waals surface area (Å²) >= 11 is 0. The van der Waals surface area contributed by atoms with Crippen molar-refractivity contribution >= 4 is 0 Å². The second kappa shape index (κ2) is 11.2. The van der Waals surface area contributed by atoms with Gasteiger partial charge in [-0.25, -0.2) is 15.0 Å². The Kier molecular flexibility index (Phi) is 6.86. The molecule has 0 N–H and O–H groups in total. The second-order valence-electron chi connectivity index (χ2n) is 15.7. The first kappa shape index (κ1) is 31.3. The van der Waals surface area contributed by atoms with Crippen molar-refractivity contribution in [2.75, 3.05) is 0 Å². The van der Waals surface area contributed by atoms with E-state index in [1.807, 2.05) is 60.7 Å². The fourth-order valence-electron chi connectivity index (χ4n) is 8.39. The molecule has 6 aromatic carbocycles. The summed E-state index contributed by atoms with van der Waals surface area (Å²) in [6.45, 7) is 14.4. The van der Waals surface area contributed by atoms with Crippen LogP contribution in [0.4, 0.5) is 0 Å². The van der Waals surface area contributed by atoms with Crippen LogP contribution in [0.5, 0.6) is 0 Å². The van der Waals surface area contributed by atoms with Gasteiger partial charge < -0.3 is 0 Å². The lowest BCUT2D eigenvalue weighted by Crippen LogP contribution is -2.43. The summed E-state index contributed by atoms with van der Waals surface area (Å²) in [4.78, 5) is 14.7. The molecule has 0 saturated carbocycles. The lowest BCUT2D eigenvalue weighted by Gasteiger charge is -2.48. The molecule has 2 aliphatic rings. The molecule has 0 amide bonds. The molecule has 0 fully saturated rings. The van der Waals surface area contributed by atoms with E-state index in [4.69, 9.17) is 15.0 Å². The van der Waals surface area contributed by atoms with E-state index < -0.39 is 0 Å². The summed E-state index contributed by atoms with van der Waals surface area (Å²) in [5.41, 5.74) is 16.3. The van der Waals surface area contributed by atoms with Crippen LogP contribution in [0.2, 0.25) is 0 Å². The summed E-state index contributed by atoms with van der Waals surface area (Å²) in [6.07, 6.45) is 0. The SMILES string of the molecule is CC1(C)c2cc(-c3ccc(-c4nc(-c5ccccc5)nc(-c5ccccc5)n4)cc3)ccc2-c2cc3c(cc21)C(C)(C)C(C)(C)c1ccccc1-3. The van der Waals surface area contributed by atoms with Crippen molar-refractivity contribution in [1.29, 1.82) is 0 Å². The van der Waals surface area contributed by atoms with E-state index in [-0.39, 0.29) is 16.2 Å². The maximum Gasteiger partial charge on any atom is 0.164 e. The summed E-state index contributed by atoms with van der Waals surface area (Å²) in [5, 5.41) is 0. The summed E-state index contributed by atoms with van der Waals surface area (Å²) in [7, 11) is 0. The summed E-state index contributed by atoms with van der Waals surface area (Å²) < 4.78 is 0. The van der Waals surface area contributed by atoms with E-state index in [1.165, 1.54) is 55.6 Å². The molecular formula is C48H41N3. The Morgan fingerprint density at radius 3 is 1.35 bits per heavy atom. The molecule has 0 atom stereocenters. The predicted octanol–water partition coefficient (Wildman–Crippen LogP) is 12.1. The van der Waals surface area contributed by atoms with Crippen LogP contribution >= 0.6 is 0 Å². The third kappa shape index (κ3) is 4.75. The molecule has 0 saturated heterocycles. The Bertz CT molecular complexity index is 2410. The van der Waals surface area contributed by atoms with Crippen LogP contribution in [0, 0.1) is 0 Å². The van der Waals surface area contributed by atoms with Gasteiger partial charge in [0.25, 0.3) is 0 Å². The van der Waals surface area contributed by atoms with Crippen molar-refractivity contribution in [3.63, 3.8) is 0 Å². The highest BCUT2D eigenvalue weighted by molar-refractivity contribution is 5.90. The number of rotatable bonds is 4. The normalized spacial score (nSPS) is 15.7. The molecule has 9 rings (SSSR count). The molecule has 7 aromatic rings. The zero-order valence-electron chi connectivity index (χ0n) is 30.1. The molecule has 51 heavy (non-hydrogen) atoms. The van der Waals surface area contributed by atoms with Gasteiger partial charge in [0.1, 0.15) is 0 Å². The lowest BCUT2D eigenvalue weighted by molar-refractivity contribution is 0.298. The van der Waals surface area contributed by atoms with Gasteiger partial charge in [-0.15, -0.1) is 0 Å². The molecule has 1 heterocycles. The highest BCUT2D eigenvalue weighted by atomic mass is 15.0. The van der Waals surface area contributed by atoms with Gasteiger partial charge in [0.15, 0.2) is 17.5 Å². The Labute approximate surface area is 301 Å². The number of aromatic nitrogens is 3. The molecule has 3 nitrogen and oxygen atoms in total. The molecule has 248 valence electrons. The average Bonchev–Trinajstić information content (AvgIpc) is 3.39. The molecule has 0 radical (unpaired) electrons. The minimum atomic E-state index is -0.126. The first-order chi connectivity index (χ1) is 24.5. The average molecular weight is 660 g/mol. The maximum absolute atomic E-state index is 4.93. The van der Waals surface area contributed by atoms with Crippen LogP contribution in [0.1, 0.15) is 63.8 Å². The third-order valence-electron chi connectivity index (χ3n) is 12.1. The molecule has 0 bridgehead atoms. The first-order valence-electron chi connectivity index (χ1n) is 18.0. The Morgan fingerprint density at radius 1 is 0.314 bits per heavy atom. The number of nitrogens with zero attached hydrogens (tertiary/aromatic N) is 3. The summed E-state index contributed by atoms with van der Waals surface area (Å²) in [6, 6.07) is 50.0. The van der Waals surface area contributed by atoms with E-state index in [2.05, 4.69) is 120 Å². The van der Waals surface area contributed by atoms with E-state index >= 15 is 0 Å². The van der Waals surface area contributed by atoms with Crippen molar-refractivity contribution < 1.29 is 0 Å². The van der Waals surface area contributed by atoms with Gasteiger partial charge in [0, 0.05) is 22.1 Å². The smallest absolute Gasteiger partial charge is 0.164 e. The number of hydrogen-bond donors (Lipinski definition) is 0. The highest BCUT2D eigenvalue weighted by Crippen LogP contribution is 2.58. The Balaban J connectivity index is 1.10. The first-order valence-corrected chi connectivity index (χ1v) is 18.0. The number of fused-ring (bicyclic) bond motifs is 6. The van der Waals surface area contributed by atoms with E-state index in [9.17, 15) is 0 Å². The van der Waals surface area contributed by atoms with Crippen LogP contribution < -0.4 is 0 Å².